The van der Waals surface area contributed by atoms with Gasteiger partial charge in [-0.3, -0.25) is 0 Å². The molecule has 0 aliphatic rings. The number of anilines is 1. The Balaban J connectivity index is 1.88. The maximum Gasteiger partial charge on any atom is 0.183 e. The number of aryl methyl sites for hydroxylation is 1. The van der Waals surface area contributed by atoms with Gasteiger partial charge < -0.3 is 10.3 Å². The van der Waals surface area contributed by atoms with E-state index in [1.807, 2.05) is 25.1 Å². The molecule has 5 nitrogen and oxygen atoms in total. The summed E-state index contributed by atoms with van der Waals surface area (Å²) in [6.45, 7) is 2.59. The minimum absolute atomic E-state index is 0.693. The van der Waals surface area contributed by atoms with Crippen molar-refractivity contribution in [3.8, 4) is 0 Å². The number of hydrogen-bond acceptors (Lipinski definition) is 4. The van der Waals surface area contributed by atoms with Gasteiger partial charge in [0.25, 0.3) is 0 Å². The van der Waals surface area contributed by atoms with Crippen molar-refractivity contribution in [2.45, 2.75) is 13.5 Å². The number of aromatic amines is 1. The minimum Gasteiger partial charge on any atom is -0.364 e. The van der Waals surface area contributed by atoms with E-state index in [0.29, 0.717) is 11.5 Å². The van der Waals surface area contributed by atoms with Crippen LogP contribution in [-0.2, 0) is 6.54 Å². The minimum atomic E-state index is 0.693. The van der Waals surface area contributed by atoms with E-state index >= 15 is 0 Å². The summed E-state index contributed by atoms with van der Waals surface area (Å²) < 4.78 is 0. The van der Waals surface area contributed by atoms with Gasteiger partial charge in [-0.15, -0.1) is 0 Å². The number of hydrogen-bond donors (Lipinski definition) is 2. The van der Waals surface area contributed by atoms with Crippen LogP contribution >= 0.6 is 0 Å². The van der Waals surface area contributed by atoms with Gasteiger partial charge in [0.1, 0.15) is 11.3 Å². The zero-order chi connectivity index (χ0) is 12.4. The molecule has 0 amide bonds. The zero-order valence-electron chi connectivity index (χ0n) is 10.0. The van der Waals surface area contributed by atoms with Crippen LogP contribution in [0.1, 0.15) is 11.4 Å². The number of imidazole rings is 1. The summed E-state index contributed by atoms with van der Waals surface area (Å²) in [6.07, 6.45) is 1.63. The molecule has 3 aromatic rings. The van der Waals surface area contributed by atoms with Gasteiger partial charge in [-0.2, -0.15) is 0 Å². The Morgan fingerprint density at radius 1 is 1.17 bits per heavy atom. The van der Waals surface area contributed by atoms with Crippen molar-refractivity contribution in [3.63, 3.8) is 0 Å². The van der Waals surface area contributed by atoms with E-state index in [1.165, 1.54) is 5.56 Å². The number of nitrogens with zero attached hydrogens (tertiary/aromatic N) is 3. The SMILES string of the molecule is Cc1nc(NCc2ccccc2)c2[nH]cnc2n1. The lowest BCUT2D eigenvalue weighted by molar-refractivity contribution is 1.04. The largest absolute Gasteiger partial charge is 0.364 e. The summed E-state index contributed by atoms with van der Waals surface area (Å²) in [7, 11) is 0. The number of aromatic nitrogens is 4. The Labute approximate surface area is 104 Å². The first-order chi connectivity index (χ1) is 8.83. The first-order valence-electron chi connectivity index (χ1n) is 5.78. The molecule has 0 radical (unpaired) electrons. The topological polar surface area (TPSA) is 66.5 Å². The van der Waals surface area contributed by atoms with E-state index in [1.54, 1.807) is 6.33 Å². The smallest absolute Gasteiger partial charge is 0.183 e. The molecule has 0 spiro atoms. The number of rotatable bonds is 3. The van der Waals surface area contributed by atoms with Gasteiger partial charge in [0.15, 0.2) is 11.5 Å². The van der Waals surface area contributed by atoms with Crippen LogP contribution in [0.25, 0.3) is 11.2 Å². The highest BCUT2D eigenvalue weighted by molar-refractivity contribution is 5.82. The maximum atomic E-state index is 4.40. The van der Waals surface area contributed by atoms with Crippen molar-refractivity contribution in [3.05, 3.63) is 48.0 Å². The van der Waals surface area contributed by atoms with Crippen molar-refractivity contribution in [2.24, 2.45) is 0 Å². The lowest BCUT2D eigenvalue weighted by atomic mass is 10.2. The average molecular weight is 239 g/mol. The summed E-state index contributed by atoms with van der Waals surface area (Å²) in [5.74, 6) is 1.50. The molecule has 5 heteroatoms. The molecule has 0 fully saturated rings. The molecule has 2 aromatic heterocycles. The van der Waals surface area contributed by atoms with Gasteiger partial charge in [0.2, 0.25) is 0 Å². The van der Waals surface area contributed by atoms with Gasteiger partial charge in [0.05, 0.1) is 6.33 Å². The Kier molecular flexibility index (Phi) is 2.64. The summed E-state index contributed by atoms with van der Waals surface area (Å²) in [5, 5.41) is 3.31. The van der Waals surface area contributed by atoms with Gasteiger partial charge in [-0.25, -0.2) is 15.0 Å². The summed E-state index contributed by atoms with van der Waals surface area (Å²) in [4.78, 5) is 15.9. The second-order valence-electron chi connectivity index (χ2n) is 4.06. The summed E-state index contributed by atoms with van der Waals surface area (Å²) >= 11 is 0. The van der Waals surface area contributed by atoms with Crippen molar-refractivity contribution in [1.82, 2.24) is 19.9 Å². The third-order valence-corrected chi connectivity index (χ3v) is 2.70. The maximum absolute atomic E-state index is 4.40. The van der Waals surface area contributed by atoms with E-state index in [4.69, 9.17) is 0 Å². The molecular formula is C13H13N5. The van der Waals surface area contributed by atoms with Gasteiger partial charge in [0, 0.05) is 6.54 Å². The quantitative estimate of drug-likeness (QED) is 0.735. The molecular weight excluding hydrogens is 226 g/mol. The zero-order valence-corrected chi connectivity index (χ0v) is 10.0. The molecule has 0 aliphatic carbocycles. The summed E-state index contributed by atoms with van der Waals surface area (Å²) in [5.41, 5.74) is 2.75. The molecule has 2 N–H and O–H groups in total. The first-order valence-corrected chi connectivity index (χ1v) is 5.78. The van der Waals surface area contributed by atoms with E-state index in [-0.39, 0.29) is 0 Å². The number of fused-ring (bicyclic) bond motifs is 1. The third-order valence-electron chi connectivity index (χ3n) is 2.70. The molecule has 0 unspecified atom stereocenters. The molecule has 0 bridgehead atoms. The molecule has 18 heavy (non-hydrogen) atoms. The fourth-order valence-corrected chi connectivity index (χ4v) is 1.85. The number of benzene rings is 1. The van der Waals surface area contributed by atoms with Gasteiger partial charge in [-0.1, -0.05) is 30.3 Å². The lowest BCUT2D eigenvalue weighted by Gasteiger charge is -2.06. The predicted molar refractivity (Wildman–Crippen MR) is 70.2 cm³/mol. The predicted octanol–water partition coefficient (Wildman–Crippen LogP) is 2.27. The fraction of sp³-hybridized carbons (Fsp3) is 0.154. The highest BCUT2D eigenvalue weighted by atomic mass is 15.1. The number of H-pyrrole nitrogens is 1. The Morgan fingerprint density at radius 2 is 2.00 bits per heavy atom. The molecule has 0 saturated heterocycles. The van der Waals surface area contributed by atoms with Crippen LogP contribution in [0.2, 0.25) is 0 Å². The van der Waals surface area contributed by atoms with Gasteiger partial charge in [-0.05, 0) is 12.5 Å². The number of nitrogens with one attached hydrogen (secondary N) is 2. The van der Waals surface area contributed by atoms with Crippen LogP contribution in [0.3, 0.4) is 0 Å². The molecule has 1 aromatic carbocycles. The van der Waals surface area contributed by atoms with Crippen LogP contribution in [0.5, 0.6) is 0 Å². The third kappa shape index (κ3) is 2.02. The van der Waals surface area contributed by atoms with E-state index in [0.717, 1.165) is 17.9 Å². The van der Waals surface area contributed by atoms with Crippen molar-refractivity contribution < 1.29 is 0 Å². The highest BCUT2D eigenvalue weighted by Gasteiger charge is 2.07. The van der Waals surface area contributed by atoms with E-state index in [2.05, 4.69) is 37.4 Å². The molecule has 90 valence electrons. The van der Waals surface area contributed by atoms with Crippen molar-refractivity contribution in [1.29, 1.82) is 0 Å². The Morgan fingerprint density at radius 3 is 2.83 bits per heavy atom. The molecule has 3 rings (SSSR count). The fourth-order valence-electron chi connectivity index (χ4n) is 1.85. The van der Waals surface area contributed by atoms with Crippen molar-refractivity contribution >= 4 is 17.0 Å². The molecule has 0 aliphatic heterocycles. The van der Waals surface area contributed by atoms with Gasteiger partial charge >= 0.3 is 0 Å². The van der Waals surface area contributed by atoms with Crippen molar-refractivity contribution in [2.75, 3.05) is 5.32 Å². The van der Waals surface area contributed by atoms with E-state index in [9.17, 15) is 0 Å². The summed E-state index contributed by atoms with van der Waals surface area (Å²) in [6, 6.07) is 10.2. The highest BCUT2D eigenvalue weighted by Crippen LogP contribution is 2.16. The van der Waals surface area contributed by atoms with Crippen LogP contribution in [0, 0.1) is 6.92 Å². The molecule has 0 saturated carbocycles. The normalized spacial score (nSPS) is 10.7. The van der Waals surface area contributed by atoms with Crippen LogP contribution < -0.4 is 5.32 Å². The monoisotopic (exact) mass is 239 g/mol. The van der Waals surface area contributed by atoms with E-state index < -0.39 is 0 Å². The van der Waals surface area contributed by atoms with Crippen LogP contribution in [-0.4, -0.2) is 19.9 Å². The second-order valence-corrected chi connectivity index (χ2v) is 4.06. The molecule has 2 heterocycles. The standard InChI is InChI=1S/C13H13N5/c1-9-17-12(11-13(18-9)16-8-15-11)14-7-10-5-3-2-4-6-10/h2-6,8H,7H2,1H3,(H2,14,15,16,17,18). The second kappa shape index (κ2) is 4.44. The lowest BCUT2D eigenvalue weighted by Crippen LogP contribution is -2.04. The molecule has 0 atom stereocenters. The van der Waals surface area contributed by atoms with Crippen LogP contribution in [0.15, 0.2) is 36.7 Å². The van der Waals surface area contributed by atoms with Crippen LogP contribution in [0.4, 0.5) is 5.82 Å². The first kappa shape index (κ1) is 10.7. The Bertz CT molecular complexity index is 659. The average Bonchev–Trinajstić information content (AvgIpc) is 2.85. The Hall–Kier alpha value is -2.43.